The fourth-order valence-electron chi connectivity index (χ4n) is 3.59. The van der Waals surface area contributed by atoms with E-state index in [0.717, 1.165) is 22.5 Å². The van der Waals surface area contributed by atoms with Gasteiger partial charge < -0.3 is 0 Å². The first-order valence-corrected chi connectivity index (χ1v) is 12.4. The molecule has 0 aliphatic carbocycles. The molecule has 0 saturated heterocycles. The highest BCUT2D eigenvalue weighted by Gasteiger charge is 2.19. The van der Waals surface area contributed by atoms with Crippen LogP contribution < -0.4 is 5.56 Å². The van der Waals surface area contributed by atoms with Crippen LogP contribution in [0.3, 0.4) is 0 Å². The smallest absolute Gasteiger partial charge is 0.275 e. The molecule has 33 heavy (non-hydrogen) atoms. The van der Waals surface area contributed by atoms with Crippen LogP contribution in [-0.4, -0.2) is 14.1 Å². The van der Waals surface area contributed by atoms with Gasteiger partial charge in [-0.3, -0.25) is 13.9 Å². The zero-order valence-electron chi connectivity index (χ0n) is 17.6. The highest BCUT2D eigenvalue weighted by atomic mass is 32.2. The number of halogens is 1. The van der Waals surface area contributed by atoms with E-state index in [0.29, 0.717) is 25.2 Å². The molecule has 5 aromatic rings. The van der Waals surface area contributed by atoms with E-state index in [1.807, 2.05) is 66.1 Å². The summed E-state index contributed by atoms with van der Waals surface area (Å²) in [7, 11) is 0. The lowest BCUT2D eigenvalue weighted by Crippen LogP contribution is -2.21. The fourth-order valence-corrected chi connectivity index (χ4v) is 5.84. The number of thioether (sulfide) groups is 1. The maximum atomic E-state index is 13.7. The highest BCUT2D eigenvalue weighted by Crippen LogP contribution is 2.29. The quantitative estimate of drug-likeness (QED) is 0.156. The van der Waals surface area contributed by atoms with Gasteiger partial charge in [0, 0.05) is 5.75 Å². The molecule has 0 unspecified atom stereocenters. The van der Waals surface area contributed by atoms with E-state index in [9.17, 15) is 9.18 Å². The first kappa shape index (κ1) is 21.8. The Morgan fingerprint density at radius 1 is 0.970 bits per heavy atom. The number of para-hydroxylation sites is 2. The molecule has 0 bridgehead atoms. The van der Waals surface area contributed by atoms with Gasteiger partial charge in [-0.25, -0.2) is 9.37 Å². The van der Waals surface area contributed by atoms with Gasteiger partial charge in [0.05, 0.1) is 11.4 Å². The third-order valence-corrected chi connectivity index (χ3v) is 7.59. The Bertz CT molecular complexity index is 1570. The average molecular weight is 492 g/mol. The standard InChI is InChI=1S/C25H18FN3OS3/c1-16-7-5-6-10-20(16)29-22-21(33-25(29)31)23(30)28(19-8-3-2-4-9-19)24(27-22)32-15-17-11-13-18(26)14-12-17/h2-14H,15H2,1H3. The van der Waals surface area contributed by atoms with Gasteiger partial charge in [-0.1, -0.05) is 71.6 Å². The molecule has 0 saturated carbocycles. The minimum Gasteiger partial charge on any atom is -0.275 e. The number of fused-ring (bicyclic) bond motifs is 1. The lowest BCUT2D eigenvalue weighted by Gasteiger charge is -2.13. The third kappa shape index (κ3) is 4.17. The molecule has 0 N–H and O–H groups in total. The maximum absolute atomic E-state index is 13.7. The van der Waals surface area contributed by atoms with Crippen molar-refractivity contribution in [2.75, 3.05) is 0 Å². The van der Waals surface area contributed by atoms with Crippen LogP contribution in [0.5, 0.6) is 0 Å². The Balaban J connectivity index is 1.72. The van der Waals surface area contributed by atoms with Crippen LogP contribution in [0, 0.1) is 16.7 Å². The predicted molar refractivity (Wildman–Crippen MR) is 136 cm³/mol. The molecule has 0 aliphatic heterocycles. The van der Waals surface area contributed by atoms with E-state index >= 15 is 0 Å². The van der Waals surface area contributed by atoms with Crippen LogP contribution in [0.25, 0.3) is 21.7 Å². The van der Waals surface area contributed by atoms with Crippen molar-refractivity contribution in [1.29, 1.82) is 0 Å². The summed E-state index contributed by atoms with van der Waals surface area (Å²) < 4.78 is 17.9. The Morgan fingerprint density at radius 2 is 1.67 bits per heavy atom. The normalized spacial score (nSPS) is 11.2. The second kappa shape index (κ2) is 9.05. The van der Waals surface area contributed by atoms with Gasteiger partial charge in [-0.15, -0.1) is 0 Å². The molecule has 2 heterocycles. The van der Waals surface area contributed by atoms with Crippen LogP contribution in [0.2, 0.25) is 0 Å². The summed E-state index contributed by atoms with van der Waals surface area (Å²) in [6.45, 7) is 2.01. The van der Waals surface area contributed by atoms with Crippen molar-refractivity contribution in [2.24, 2.45) is 0 Å². The molecule has 0 spiro atoms. The van der Waals surface area contributed by atoms with Crippen molar-refractivity contribution in [3.63, 3.8) is 0 Å². The molecular formula is C25H18FN3OS3. The van der Waals surface area contributed by atoms with Gasteiger partial charge in [0.1, 0.15) is 10.5 Å². The molecule has 5 rings (SSSR count). The minimum atomic E-state index is -0.278. The van der Waals surface area contributed by atoms with Crippen LogP contribution in [-0.2, 0) is 5.75 Å². The zero-order chi connectivity index (χ0) is 22.9. The molecule has 0 atom stereocenters. The third-order valence-electron chi connectivity index (χ3n) is 5.23. The number of rotatable bonds is 5. The topological polar surface area (TPSA) is 39.8 Å². The van der Waals surface area contributed by atoms with E-state index in [1.165, 1.54) is 35.2 Å². The summed E-state index contributed by atoms with van der Waals surface area (Å²) >= 11 is 8.37. The van der Waals surface area contributed by atoms with Gasteiger partial charge >= 0.3 is 0 Å². The molecule has 4 nitrogen and oxygen atoms in total. The molecular weight excluding hydrogens is 473 g/mol. The van der Waals surface area contributed by atoms with Crippen LogP contribution in [0.15, 0.2) is 88.8 Å². The fraction of sp³-hybridized carbons (Fsp3) is 0.0800. The Morgan fingerprint density at radius 3 is 2.39 bits per heavy atom. The van der Waals surface area contributed by atoms with Gasteiger partial charge in [0.15, 0.2) is 14.8 Å². The number of benzene rings is 3. The SMILES string of the molecule is Cc1ccccc1-n1c(=S)sc2c(=O)n(-c3ccccc3)c(SCc3ccc(F)cc3)nc21. The van der Waals surface area contributed by atoms with Crippen LogP contribution in [0.1, 0.15) is 11.1 Å². The van der Waals surface area contributed by atoms with E-state index in [1.54, 1.807) is 16.7 Å². The van der Waals surface area contributed by atoms with E-state index in [4.69, 9.17) is 17.2 Å². The first-order chi connectivity index (χ1) is 16.0. The van der Waals surface area contributed by atoms with Crippen molar-refractivity contribution in [3.8, 4) is 11.4 Å². The lowest BCUT2D eigenvalue weighted by molar-refractivity contribution is 0.627. The van der Waals surface area contributed by atoms with E-state index in [-0.39, 0.29) is 11.4 Å². The second-order valence-corrected chi connectivity index (χ2v) is 10.0. The Hall–Kier alpha value is -3.07. The molecule has 0 fully saturated rings. The van der Waals surface area contributed by atoms with Crippen molar-refractivity contribution in [1.82, 2.24) is 14.1 Å². The monoisotopic (exact) mass is 491 g/mol. The van der Waals surface area contributed by atoms with Crippen LogP contribution in [0.4, 0.5) is 4.39 Å². The first-order valence-electron chi connectivity index (χ1n) is 10.2. The number of thiazole rings is 1. The van der Waals surface area contributed by atoms with Crippen LogP contribution >= 0.6 is 35.3 Å². The summed E-state index contributed by atoms with van der Waals surface area (Å²) in [4.78, 5) is 18.6. The van der Waals surface area contributed by atoms with Crippen molar-refractivity contribution < 1.29 is 4.39 Å². The predicted octanol–water partition coefficient (Wildman–Crippen LogP) is 6.71. The molecule has 8 heteroatoms. The maximum Gasteiger partial charge on any atom is 0.278 e. The Kier molecular flexibility index (Phi) is 5.97. The van der Waals surface area contributed by atoms with Crippen molar-refractivity contribution in [2.45, 2.75) is 17.8 Å². The number of hydrogen-bond donors (Lipinski definition) is 0. The van der Waals surface area contributed by atoms with Gasteiger partial charge in [0.2, 0.25) is 0 Å². The molecule has 0 radical (unpaired) electrons. The van der Waals surface area contributed by atoms with E-state index in [2.05, 4.69) is 0 Å². The summed E-state index contributed by atoms with van der Waals surface area (Å²) in [5.41, 5.74) is 4.03. The van der Waals surface area contributed by atoms with Crippen molar-refractivity contribution in [3.05, 3.63) is 110 Å². The largest absolute Gasteiger partial charge is 0.278 e. The molecule has 2 aromatic heterocycles. The molecule has 0 amide bonds. The average Bonchev–Trinajstić information content (AvgIpc) is 3.16. The Labute approximate surface area is 203 Å². The summed E-state index contributed by atoms with van der Waals surface area (Å²) in [6, 6.07) is 23.7. The van der Waals surface area contributed by atoms with Gasteiger partial charge in [0.25, 0.3) is 5.56 Å². The van der Waals surface area contributed by atoms with E-state index < -0.39 is 0 Å². The molecule has 0 aliphatic rings. The minimum absolute atomic E-state index is 0.156. The van der Waals surface area contributed by atoms with Gasteiger partial charge in [-0.2, -0.15) is 0 Å². The zero-order valence-corrected chi connectivity index (χ0v) is 20.0. The van der Waals surface area contributed by atoms with Gasteiger partial charge in [-0.05, 0) is 60.6 Å². The number of hydrogen-bond acceptors (Lipinski definition) is 5. The highest BCUT2D eigenvalue weighted by molar-refractivity contribution is 7.98. The molecule has 3 aromatic carbocycles. The second-order valence-electron chi connectivity index (χ2n) is 7.43. The lowest BCUT2D eigenvalue weighted by atomic mass is 10.2. The summed E-state index contributed by atoms with van der Waals surface area (Å²) in [5.74, 6) is 0.264. The molecule has 164 valence electrons. The summed E-state index contributed by atoms with van der Waals surface area (Å²) in [6.07, 6.45) is 0. The van der Waals surface area contributed by atoms with Crippen molar-refractivity contribution >= 4 is 45.7 Å². The summed E-state index contributed by atoms with van der Waals surface area (Å²) in [5, 5.41) is 0.554. The number of nitrogens with zero attached hydrogens (tertiary/aromatic N) is 3. The number of aryl methyl sites for hydroxylation is 1. The number of aromatic nitrogens is 3.